The number of nitrogen functional groups attached to an aromatic ring is 1. The average Bonchev–Trinajstić information content (AvgIpc) is 2.74. The van der Waals surface area contributed by atoms with Crippen LogP contribution >= 0.6 is 23.1 Å². The smallest absolute Gasteiger partial charge is 0.263 e. The van der Waals surface area contributed by atoms with Crippen LogP contribution in [0, 0.1) is 0 Å². The van der Waals surface area contributed by atoms with Crippen molar-refractivity contribution >= 4 is 39.7 Å². The van der Waals surface area contributed by atoms with Crippen molar-refractivity contribution in [3.63, 3.8) is 0 Å². The van der Waals surface area contributed by atoms with Gasteiger partial charge in [-0.25, -0.2) is 0 Å². The van der Waals surface area contributed by atoms with E-state index in [1.807, 2.05) is 6.26 Å². The van der Waals surface area contributed by atoms with Crippen LogP contribution < -0.4 is 16.0 Å². The fourth-order valence-corrected chi connectivity index (χ4v) is 4.77. The van der Waals surface area contributed by atoms with Crippen molar-refractivity contribution in [2.75, 3.05) is 50.6 Å². The number of amides is 1. The van der Waals surface area contributed by atoms with Crippen LogP contribution in [0.3, 0.4) is 0 Å². The van der Waals surface area contributed by atoms with E-state index in [-0.39, 0.29) is 5.91 Å². The standard InChI is InChI=1S/C13H22N4OS2/c1-8-7-16(3)5-6-17(8)13-11(19-4)9(14)10(20-13)12(18)15-2/h8H,5-7,14H2,1-4H3,(H,15,18). The summed E-state index contributed by atoms with van der Waals surface area (Å²) in [4.78, 5) is 18.3. The molecule has 112 valence electrons. The van der Waals surface area contributed by atoms with Gasteiger partial charge in [0.05, 0.1) is 10.6 Å². The number of anilines is 2. The number of nitrogens with two attached hydrogens (primary N) is 1. The Labute approximate surface area is 128 Å². The number of thiophene rings is 1. The minimum atomic E-state index is -0.101. The molecule has 1 aliphatic rings. The van der Waals surface area contributed by atoms with Gasteiger partial charge in [0.25, 0.3) is 5.91 Å². The molecule has 1 amide bonds. The SMILES string of the molecule is CNC(=O)c1sc(N2CCN(C)CC2C)c(SC)c1N. The predicted octanol–water partition coefficient (Wildman–Crippen LogP) is 1.55. The van der Waals surface area contributed by atoms with E-state index < -0.39 is 0 Å². The summed E-state index contributed by atoms with van der Waals surface area (Å²) in [5.41, 5.74) is 6.78. The summed E-state index contributed by atoms with van der Waals surface area (Å²) < 4.78 is 0. The number of nitrogens with one attached hydrogen (secondary N) is 1. The minimum absolute atomic E-state index is 0.101. The first-order valence-electron chi connectivity index (χ1n) is 6.63. The van der Waals surface area contributed by atoms with E-state index >= 15 is 0 Å². The molecule has 1 aromatic heterocycles. The van der Waals surface area contributed by atoms with Crippen molar-refractivity contribution < 1.29 is 4.79 Å². The highest BCUT2D eigenvalue weighted by Crippen LogP contribution is 2.44. The second-order valence-corrected chi connectivity index (χ2v) is 6.88. The lowest BCUT2D eigenvalue weighted by molar-refractivity contribution is 0.0968. The molecule has 1 aliphatic heterocycles. The largest absolute Gasteiger partial charge is 0.396 e. The Morgan fingerprint density at radius 1 is 1.50 bits per heavy atom. The van der Waals surface area contributed by atoms with Gasteiger partial charge in [0.15, 0.2) is 0 Å². The highest BCUT2D eigenvalue weighted by atomic mass is 32.2. The quantitative estimate of drug-likeness (QED) is 0.829. The zero-order valence-corrected chi connectivity index (χ0v) is 14.0. The molecule has 2 heterocycles. The summed E-state index contributed by atoms with van der Waals surface area (Å²) in [6.45, 7) is 5.25. The Balaban J connectivity index is 2.38. The molecule has 0 aromatic carbocycles. The number of carbonyl (C=O) groups is 1. The maximum absolute atomic E-state index is 11.9. The fourth-order valence-electron chi connectivity index (χ4n) is 2.53. The van der Waals surface area contributed by atoms with Crippen LogP contribution in [0.1, 0.15) is 16.6 Å². The molecule has 2 rings (SSSR count). The van der Waals surface area contributed by atoms with E-state index in [2.05, 4.69) is 29.1 Å². The topological polar surface area (TPSA) is 61.6 Å². The van der Waals surface area contributed by atoms with Gasteiger partial charge in [0.1, 0.15) is 9.88 Å². The number of likely N-dealkylation sites (N-methyl/N-ethyl adjacent to an activating group) is 1. The summed E-state index contributed by atoms with van der Waals surface area (Å²) in [7, 11) is 3.78. The molecule has 0 radical (unpaired) electrons. The minimum Gasteiger partial charge on any atom is -0.396 e. The lowest BCUT2D eigenvalue weighted by Gasteiger charge is -2.39. The highest BCUT2D eigenvalue weighted by molar-refractivity contribution is 7.99. The summed E-state index contributed by atoms with van der Waals surface area (Å²) in [6.07, 6.45) is 2.01. The van der Waals surface area contributed by atoms with Crippen LogP contribution in [0.5, 0.6) is 0 Å². The maximum Gasteiger partial charge on any atom is 0.263 e. The highest BCUT2D eigenvalue weighted by Gasteiger charge is 2.28. The van der Waals surface area contributed by atoms with Crippen molar-refractivity contribution in [3.05, 3.63) is 4.88 Å². The summed E-state index contributed by atoms with van der Waals surface area (Å²) >= 11 is 3.12. The van der Waals surface area contributed by atoms with Crippen molar-refractivity contribution in [2.45, 2.75) is 17.9 Å². The lowest BCUT2D eigenvalue weighted by Crippen LogP contribution is -2.50. The molecule has 1 atom stereocenters. The van der Waals surface area contributed by atoms with Gasteiger partial charge in [-0.3, -0.25) is 4.79 Å². The Morgan fingerprint density at radius 2 is 2.20 bits per heavy atom. The summed E-state index contributed by atoms with van der Waals surface area (Å²) in [6, 6.07) is 0.426. The van der Waals surface area contributed by atoms with Gasteiger partial charge in [-0.2, -0.15) is 0 Å². The Kier molecular flexibility index (Phi) is 4.82. The first-order valence-corrected chi connectivity index (χ1v) is 8.67. The molecule has 20 heavy (non-hydrogen) atoms. The molecular formula is C13H22N4OS2. The molecule has 5 nitrogen and oxygen atoms in total. The zero-order chi connectivity index (χ0) is 14.9. The van der Waals surface area contributed by atoms with Crippen molar-refractivity contribution in [2.24, 2.45) is 0 Å². The van der Waals surface area contributed by atoms with E-state index in [1.54, 1.807) is 18.8 Å². The van der Waals surface area contributed by atoms with Crippen LogP contribution in [-0.2, 0) is 0 Å². The second kappa shape index (κ2) is 6.24. The normalized spacial score (nSPS) is 20.2. The van der Waals surface area contributed by atoms with Gasteiger partial charge in [0.2, 0.25) is 0 Å². The van der Waals surface area contributed by atoms with E-state index in [0.29, 0.717) is 16.6 Å². The van der Waals surface area contributed by atoms with Gasteiger partial charge in [-0.1, -0.05) is 0 Å². The third-order valence-electron chi connectivity index (χ3n) is 3.61. The number of hydrogen-bond acceptors (Lipinski definition) is 6. The fraction of sp³-hybridized carbons (Fsp3) is 0.615. The first kappa shape index (κ1) is 15.5. The average molecular weight is 314 g/mol. The molecule has 0 aliphatic carbocycles. The van der Waals surface area contributed by atoms with Crippen LogP contribution in [0.2, 0.25) is 0 Å². The molecule has 0 bridgehead atoms. The van der Waals surface area contributed by atoms with Gasteiger partial charge >= 0.3 is 0 Å². The lowest BCUT2D eigenvalue weighted by atomic mass is 10.2. The number of thioether (sulfide) groups is 1. The Hall–Kier alpha value is -0.920. The van der Waals surface area contributed by atoms with E-state index in [9.17, 15) is 4.79 Å². The van der Waals surface area contributed by atoms with E-state index in [0.717, 1.165) is 29.5 Å². The summed E-state index contributed by atoms with van der Waals surface area (Å²) in [5.74, 6) is -0.101. The Morgan fingerprint density at radius 3 is 2.75 bits per heavy atom. The molecule has 1 aromatic rings. The third kappa shape index (κ3) is 2.75. The predicted molar refractivity (Wildman–Crippen MR) is 88.2 cm³/mol. The van der Waals surface area contributed by atoms with Gasteiger partial charge < -0.3 is 20.9 Å². The number of nitrogens with zero attached hydrogens (tertiary/aromatic N) is 2. The second-order valence-electron chi connectivity index (χ2n) is 5.07. The molecule has 7 heteroatoms. The molecule has 1 unspecified atom stereocenters. The number of carbonyl (C=O) groups excluding carboxylic acids is 1. The number of rotatable bonds is 3. The van der Waals surface area contributed by atoms with Gasteiger partial charge in [-0.15, -0.1) is 23.1 Å². The molecule has 1 saturated heterocycles. The van der Waals surface area contributed by atoms with Crippen molar-refractivity contribution in [1.82, 2.24) is 10.2 Å². The molecular weight excluding hydrogens is 292 g/mol. The Bertz CT molecular complexity index is 503. The molecule has 0 saturated carbocycles. The number of piperazine rings is 1. The molecule has 3 N–H and O–H groups in total. The van der Waals surface area contributed by atoms with Crippen molar-refractivity contribution in [3.8, 4) is 0 Å². The first-order chi connectivity index (χ1) is 9.49. The molecule has 1 fully saturated rings. The third-order valence-corrected chi connectivity index (χ3v) is 5.80. The van der Waals surface area contributed by atoms with Crippen LogP contribution in [-0.4, -0.2) is 56.8 Å². The maximum atomic E-state index is 11.9. The van der Waals surface area contributed by atoms with E-state index in [1.165, 1.54) is 11.3 Å². The van der Waals surface area contributed by atoms with Crippen LogP contribution in [0.25, 0.3) is 0 Å². The van der Waals surface area contributed by atoms with Gasteiger partial charge in [-0.05, 0) is 20.2 Å². The van der Waals surface area contributed by atoms with Crippen LogP contribution in [0.4, 0.5) is 10.7 Å². The van der Waals surface area contributed by atoms with Crippen LogP contribution in [0.15, 0.2) is 4.90 Å². The molecule has 0 spiro atoms. The zero-order valence-electron chi connectivity index (χ0n) is 12.4. The summed E-state index contributed by atoms with van der Waals surface area (Å²) in [5, 5.41) is 3.80. The van der Waals surface area contributed by atoms with Crippen molar-refractivity contribution in [1.29, 1.82) is 0 Å². The van der Waals surface area contributed by atoms with Gasteiger partial charge in [0, 0.05) is 32.7 Å². The number of hydrogen-bond donors (Lipinski definition) is 2. The van der Waals surface area contributed by atoms with E-state index in [4.69, 9.17) is 5.73 Å². The monoisotopic (exact) mass is 314 g/mol.